The molecule has 0 radical (unpaired) electrons. The summed E-state index contributed by atoms with van der Waals surface area (Å²) in [6, 6.07) is 10.3. The lowest BCUT2D eigenvalue weighted by Crippen LogP contribution is -2.54. The van der Waals surface area contributed by atoms with Crippen LogP contribution in [0, 0.1) is 12.3 Å². The van der Waals surface area contributed by atoms with Gasteiger partial charge in [-0.15, -0.1) is 0 Å². The molecule has 7 nitrogen and oxygen atoms in total. The molecule has 2 aliphatic heterocycles. The highest BCUT2D eigenvalue weighted by Crippen LogP contribution is 2.41. The van der Waals surface area contributed by atoms with Gasteiger partial charge in [-0.2, -0.15) is 0 Å². The quantitative estimate of drug-likeness (QED) is 0.734. The standard InChI is InChI=1S/C25H33N5O2/c1-17-20(6-5-7-21(17)28-18-8-9-23(27-16-18)29(3)4)25(2)14-22(26)30(24(31)15-25)19-10-12-32-13-11-19/h5-9,16,19,26,28H,10-15H2,1-4H3/t25-/m0/s1. The Morgan fingerprint density at radius 2 is 1.94 bits per heavy atom. The van der Waals surface area contributed by atoms with E-state index in [-0.39, 0.29) is 11.9 Å². The zero-order chi connectivity index (χ0) is 22.9. The van der Waals surface area contributed by atoms with E-state index in [1.165, 1.54) is 0 Å². The molecule has 32 heavy (non-hydrogen) atoms. The Morgan fingerprint density at radius 1 is 1.19 bits per heavy atom. The minimum Gasteiger partial charge on any atom is -0.381 e. The number of carbonyl (C=O) groups is 1. The number of hydrogen-bond acceptors (Lipinski definition) is 6. The monoisotopic (exact) mass is 435 g/mol. The van der Waals surface area contributed by atoms with E-state index in [4.69, 9.17) is 10.1 Å². The van der Waals surface area contributed by atoms with E-state index in [0.29, 0.717) is 31.9 Å². The average Bonchev–Trinajstić information content (AvgIpc) is 2.75. The number of amidine groups is 1. The molecule has 2 N–H and O–H groups in total. The zero-order valence-corrected chi connectivity index (χ0v) is 19.4. The smallest absolute Gasteiger partial charge is 0.229 e. The first-order valence-electron chi connectivity index (χ1n) is 11.3. The van der Waals surface area contributed by atoms with E-state index in [1.54, 1.807) is 4.90 Å². The van der Waals surface area contributed by atoms with Gasteiger partial charge in [0.15, 0.2) is 0 Å². The lowest BCUT2D eigenvalue weighted by Gasteiger charge is -2.44. The van der Waals surface area contributed by atoms with E-state index in [1.807, 2.05) is 49.5 Å². The Kier molecular flexibility index (Phi) is 6.20. The highest BCUT2D eigenvalue weighted by Gasteiger charge is 2.43. The number of nitrogens with zero attached hydrogens (tertiary/aromatic N) is 3. The summed E-state index contributed by atoms with van der Waals surface area (Å²) in [7, 11) is 3.94. The van der Waals surface area contributed by atoms with Crippen molar-refractivity contribution in [1.82, 2.24) is 9.88 Å². The number of hydrogen-bond donors (Lipinski definition) is 2. The number of amides is 1. The minimum absolute atomic E-state index is 0.0527. The summed E-state index contributed by atoms with van der Waals surface area (Å²) in [5.74, 6) is 1.38. The molecular formula is C25H33N5O2. The van der Waals surface area contributed by atoms with Gasteiger partial charge in [-0.25, -0.2) is 4.98 Å². The Bertz CT molecular complexity index is 978. The molecule has 0 bridgehead atoms. The maximum atomic E-state index is 13.2. The van der Waals surface area contributed by atoms with Gasteiger partial charge in [0.25, 0.3) is 0 Å². The van der Waals surface area contributed by atoms with Crippen molar-refractivity contribution in [2.45, 2.75) is 51.0 Å². The van der Waals surface area contributed by atoms with E-state index >= 15 is 0 Å². The first-order valence-corrected chi connectivity index (χ1v) is 11.3. The molecule has 2 fully saturated rings. The summed E-state index contributed by atoms with van der Waals surface area (Å²) >= 11 is 0. The van der Waals surface area contributed by atoms with Gasteiger partial charge in [-0.05, 0) is 49.1 Å². The predicted molar refractivity (Wildman–Crippen MR) is 128 cm³/mol. The van der Waals surface area contributed by atoms with Gasteiger partial charge in [-0.3, -0.25) is 15.1 Å². The van der Waals surface area contributed by atoms with Gasteiger partial charge in [0.05, 0.1) is 11.9 Å². The maximum Gasteiger partial charge on any atom is 0.229 e. The number of anilines is 3. The molecule has 2 aromatic rings. The topological polar surface area (TPSA) is 81.6 Å². The second kappa shape index (κ2) is 8.90. The third-order valence-electron chi connectivity index (χ3n) is 6.68. The van der Waals surface area contributed by atoms with Gasteiger partial charge >= 0.3 is 0 Å². The van der Waals surface area contributed by atoms with Gasteiger partial charge in [-0.1, -0.05) is 19.1 Å². The summed E-state index contributed by atoms with van der Waals surface area (Å²) in [5, 5.41) is 12.2. The Balaban J connectivity index is 1.56. The fraction of sp³-hybridized carbons (Fsp3) is 0.480. The number of carbonyl (C=O) groups excluding carboxylic acids is 1. The van der Waals surface area contributed by atoms with Crippen LogP contribution in [0.4, 0.5) is 17.2 Å². The third kappa shape index (κ3) is 4.35. The number of piperidine rings is 1. The fourth-order valence-electron chi connectivity index (χ4n) is 4.95. The van der Waals surface area contributed by atoms with Crippen LogP contribution < -0.4 is 10.2 Å². The first kappa shape index (κ1) is 22.3. The van der Waals surface area contributed by atoms with Crippen molar-refractivity contribution in [3.05, 3.63) is 47.7 Å². The Labute approximate surface area is 190 Å². The van der Waals surface area contributed by atoms with Crippen molar-refractivity contribution in [2.75, 3.05) is 37.5 Å². The second-order valence-electron chi connectivity index (χ2n) is 9.37. The molecule has 1 atom stereocenters. The molecular weight excluding hydrogens is 402 g/mol. The van der Waals surface area contributed by atoms with E-state index in [2.05, 4.69) is 30.2 Å². The van der Waals surface area contributed by atoms with E-state index in [9.17, 15) is 4.79 Å². The number of likely N-dealkylation sites (tertiary alicyclic amines) is 1. The molecule has 0 saturated carbocycles. The predicted octanol–water partition coefficient (Wildman–Crippen LogP) is 4.24. The van der Waals surface area contributed by atoms with Crippen LogP contribution in [0.15, 0.2) is 36.5 Å². The summed E-state index contributed by atoms with van der Waals surface area (Å²) < 4.78 is 5.44. The highest BCUT2D eigenvalue weighted by molar-refractivity contribution is 6.01. The molecule has 170 valence electrons. The number of benzene rings is 1. The third-order valence-corrected chi connectivity index (χ3v) is 6.68. The molecule has 2 saturated heterocycles. The van der Waals surface area contributed by atoms with E-state index in [0.717, 1.165) is 41.2 Å². The lowest BCUT2D eigenvalue weighted by atomic mass is 9.71. The van der Waals surface area contributed by atoms with Crippen LogP contribution in [-0.4, -0.2) is 55.0 Å². The molecule has 1 amide bonds. The first-order chi connectivity index (χ1) is 15.3. The normalized spacial score (nSPS) is 22.2. The van der Waals surface area contributed by atoms with Crippen LogP contribution in [-0.2, 0) is 14.9 Å². The Hall–Kier alpha value is -2.93. The van der Waals surface area contributed by atoms with Crippen molar-refractivity contribution < 1.29 is 9.53 Å². The highest BCUT2D eigenvalue weighted by atomic mass is 16.5. The molecule has 3 heterocycles. The van der Waals surface area contributed by atoms with Crippen LogP contribution >= 0.6 is 0 Å². The zero-order valence-electron chi connectivity index (χ0n) is 19.4. The molecule has 2 aliphatic rings. The van der Waals surface area contributed by atoms with E-state index < -0.39 is 5.41 Å². The van der Waals surface area contributed by atoms with Crippen LogP contribution in [0.2, 0.25) is 0 Å². The van der Waals surface area contributed by atoms with Crippen LogP contribution in [0.25, 0.3) is 0 Å². The largest absolute Gasteiger partial charge is 0.381 e. The number of rotatable bonds is 5. The molecule has 0 aliphatic carbocycles. The van der Waals surface area contributed by atoms with Crippen molar-refractivity contribution >= 4 is 28.9 Å². The second-order valence-corrected chi connectivity index (χ2v) is 9.37. The van der Waals surface area contributed by atoms with Crippen molar-refractivity contribution in [1.29, 1.82) is 5.41 Å². The number of aromatic nitrogens is 1. The summed E-state index contributed by atoms with van der Waals surface area (Å²) in [5.41, 5.74) is 3.73. The summed E-state index contributed by atoms with van der Waals surface area (Å²) in [6.07, 6.45) is 4.41. The number of nitrogens with one attached hydrogen (secondary N) is 2. The molecule has 0 spiro atoms. The lowest BCUT2D eigenvalue weighted by molar-refractivity contribution is -0.133. The fourth-order valence-corrected chi connectivity index (χ4v) is 4.95. The molecule has 0 unspecified atom stereocenters. The minimum atomic E-state index is -0.398. The summed E-state index contributed by atoms with van der Waals surface area (Å²) in [4.78, 5) is 21.4. The van der Waals surface area contributed by atoms with Crippen LogP contribution in [0.3, 0.4) is 0 Å². The molecule has 1 aromatic carbocycles. The average molecular weight is 436 g/mol. The van der Waals surface area contributed by atoms with Crippen molar-refractivity contribution in [2.24, 2.45) is 0 Å². The van der Waals surface area contributed by atoms with Crippen LogP contribution in [0.5, 0.6) is 0 Å². The van der Waals surface area contributed by atoms with Crippen LogP contribution in [0.1, 0.15) is 43.7 Å². The van der Waals surface area contributed by atoms with Gasteiger partial charge in [0.2, 0.25) is 5.91 Å². The van der Waals surface area contributed by atoms with Gasteiger partial charge < -0.3 is 15.0 Å². The van der Waals surface area contributed by atoms with Crippen molar-refractivity contribution in [3.8, 4) is 0 Å². The number of pyridine rings is 1. The molecule has 4 rings (SSSR count). The maximum absolute atomic E-state index is 13.2. The van der Waals surface area contributed by atoms with Gasteiger partial charge in [0.1, 0.15) is 11.7 Å². The number of ether oxygens (including phenoxy) is 1. The summed E-state index contributed by atoms with van der Waals surface area (Å²) in [6.45, 7) is 5.52. The SMILES string of the molecule is Cc1c(Nc2ccc(N(C)C)nc2)cccc1[C@@]1(C)CC(=N)N(C2CCOCC2)C(=O)C1. The van der Waals surface area contributed by atoms with Crippen molar-refractivity contribution in [3.63, 3.8) is 0 Å². The molecule has 1 aromatic heterocycles. The van der Waals surface area contributed by atoms with Gasteiger partial charge in [0, 0.05) is 57.3 Å². The Morgan fingerprint density at radius 3 is 2.56 bits per heavy atom. The molecule has 7 heteroatoms.